The Bertz CT molecular complexity index is 731. The third-order valence-electron chi connectivity index (χ3n) is 4.41. The van der Waals surface area contributed by atoms with Crippen molar-refractivity contribution in [1.29, 1.82) is 0 Å². The Hall–Kier alpha value is -2.27. The summed E-state index contributed by atoms with van der Waals surface area (Å²) < 4.78 is 0. The summed E-state index contributed by atoms with van der Waals surface area (Å²) in [6, 6.07) is 11.0. The molecule has 1 fully saturated rings. The van der Waals surface area contributed by atoms with Crippen molar-refractivity contribution >= 4 is 29.1 Å². The first kappa shape index (κ1) is 17.5. The second-order valence-corrected chi connectivity index (χ2v) is 6.62. The average Bonchev–Trinajstić information content (AvgIpc) is 3.14. The summed E-state index contributed by atoms with van der Waals surface area (Å²) in [5, 5.41) is 6.64. The van der Waals surface area contributed by atoms with E-state index in [1.165, 1.54) is 0 Å². The normalized spacial score (nSPS) is 15.0. The van der Waals surface area contributed by atoms with Gasteiger partial charge in [0.1, 0.15) is 0 Å². The number of carbonyl (C=O) groups excluding carboxylic acids is 1. The van der Waals surface area contributed by atoms with Crippen molar-refractivity contribution in [3.05, 3.63) is 53.2 Å². The molecule has 0 radical (unpaired) electrons. The van der Waals surface area contributed by atoms with Crippen LogP contribution >= 0.6 is 11.6 Å². The van der Waals surface area contributed by atoms with Gasteiger partial charge in [0.05, 0.1) is 11.7 Å². The number of benzene rings is 1. The van der Waals surface area contributed by atoms with Gasteiger partial charge in [0.15, 0.2) is 5.82 Å². The van der Waals surface area contributed by atoms with Crippen LogP contribution in [0.3, 0.4) is 0 Å². The molecule has 6 heteroatoms. The SMILES string of the molecule is CCC(NC(=O)Nc1cccnc1N1CCCC1)c1cccc(Cl)c1. The van der Waals surface area contributed by atoms with Crippen LogP contribution in [0, 0.1) is 0 Å². The van der Waals surface area contributed by atoms with E-state index in [1.807, 2.05) is 43.3 Å². The van der Waals surface area contributed by atoms with Crippen molar-refractivity contribution < 1.29 is 4.79 Å². The van der Waals surface area contributed by atoms with Gasteiger partial charge in [-0.25, -0.2) is 9.78 Å². The molecule has 0 saturated carbocycles. The van der Waals surface area contributed by atoms with Gasteiger partial charge in [-0.3, -0.25) is 0 Å². The van der Waals surface area contributed by atoms with Gasteiger partial charge >= 0.3 is 6.03 Å². The highest BCUT2D eigenvalue weighted by Gasteiger charge is 2.19. The summed E-state index contributed by atoms with van der Waals surface area (Å²) in [5.74, 6) is 0.839. The summed E-state index contributed by atoms with van der Waals surface area (Å²) in [4.78, 5) is 19.2. The van der Waals surface area contributed by atoms with Crippen LogP contribution in [0.1, 0.15) is 37.8 Å². The number of rotatable bonds is 5. The predicted molar refractivity (Wildman–Crippen MR) is 102 cm³/mol. The van der Waals surface area contributed by atoms with Crippen molar-refractivity contribution in [3.8, 4) is 0 Å². The van der Waals surface area contributed by atoms with E-state index in [2.05, 4.69) is 20.5 Å². The molecule has 0 bridgehead atoms. The molecule has 2 heterocycles. The number of anilines is 2. The van der Waals surface area contributed by atoms with Gasteiger partial charge in [0.2, 0.25) is 0 Å². The maximum atomic E-state index is 12.5. The summed E-state index contributed by atoms with van der Waals surface area (Å²) in [6.07, 6.45) is 4.86. The Labute approximate surface area is 153 Å². The summed E-state index contributed by atoms with van der Waals surface area (Å²) >= 11 is 6.06. The molecule has 2 amide bonds. The highest BCUT2D eigenvalue weighted by molar-refractivity contribution is 6.30. The molecule has 3 rings (SSSR count). The molecule has 1 aromatic heterocycles. The third kappa shape index (κ3) is 4.42. The molecule has 0 aliphatic carbocycles. The van der Waals surface area contributed by atoms with Gasteiger partial charge in [-0.05, 0) is 49.1 Å². The van der Waals surface area contributed by atoms with E-state index in [1.54, 1.807) is 6.20 Å². The molecule has 1 aromatic carbocycles. The maximum Gasteiger partial charge on any atom is 0.319 e. The fourth-order valence-corrected chi connectivity index (χ4v) is 3.34. The van der Waals surface area contributed by atoms with Crippen molar-refractivity contribution in [2.24, 2.45) is 0 Å². The number of aromatic nitrogens is 1. The van der Waals surface area contributed by atoms with Gasteiger partial charge in [0, 0.05) is 24.3 Å². The summed E-state index contributed by atoms with van der Waals surface area (Å²) in [5.41, 5.74) is 1.74. The van der Waals surface area contributed by atoms with E-state index in [4.69, 9.17) is 11.6 Å². The molecule has 5 nitrogen and oxygen atoms in total. The standard InChI is InChI=1S/C19H23ClN4O/c1-2-16(14-7-5-8-15(20)13-14)22-19(25)23-17-9-6-10-21-18(17)24-11-3-4-12-24/h5-10,13,16H,2-4,11-12H2,1H3,(H2,22,23,25). The van der Waals surface area contributed by atoms with Gasteiger partial charge in [-0.1, -0.05) is 30.7 Å². The van der Waals surface area contributed by atoms with Crippen molar-refractivity contribution in [3.63, 3.8) is 0 Å². The average molecular weight is 359 g/mol. The van der Waals surface area contributed by atoms with Crippen LogP contribution < -0.4 is 15.5 Å². The van der Waals surface area contributed by atoms with E-state index in [0.717, 1.165) is 49.4 Å². The second kappa shape index (κ2) is 8.21. The number of halogens is 1. The molecular formula is C19H23ClN4O. The number of hydrogen-bond acceptors (Lipinski definition) is 3. The van der Waals surface area contributed by atoms with Gasteiger partial charge in [-0.2, -0.15) is 0 Å². The number of amides is 2. The van der Waals surface area contributed by atoms with Crippen LogP contribution in [-0.2, 0) is 0 Å². The molecule has 1 aliphatic heterocycles. The van der Waals surface area contributed by atoms with Crippen molar-refractivity contribution in [2.75, 3.05) is 23.3 Å². The molecule has 1 unspecified atom stereocenters. The number of urea groups is 1. The molecule has 1 atom stereocenters. The lowest BCUT2D eigenvalue weighted by Gasteiger charge is -2.22. The molecular weight excluding hydrogens is 336 g/mol. The van der Waals surface area contributed by atoms with Crippen LogP contribution in [0.5, 0.6) is 0 Å². The highest BCUT2D eigenvalue weighted by Crippen LogP contribution is 2.26. The maximum absolute atomic E-state index is 12.5. The molecule has 1 aliphatic rings. The topological polar surface area (TPSA) is 57.3 Å². The largest absolute Gasteiger partial charge is 0.355 e. The molecule has 132 valence electrons. The third-order valence-corrected chi connectivity index (χ3v) is 4.64. The quantitative estimate of drug-likeness (QED) is 0.820. The van der Waals surface area contributed by atoms with Gasteiger partial charge in [0.25, 0.3) is 0 Å². The van der Waals surface area contributed by atoms with Gasteiger partial charge < -0.3 is 15.5 Å². The highest BCUT2D eigenvalue weighted by atomic mass is 35.5. The van der Waals surface area contributed by atoms with E-state index < -0.39 is 0 Å². The lowest BCUT2D eigenvalue weighted by molar-refractivity contribution is 0.248. The van der Waals surface area contributed by atoms with E-state index in [9.17, 15) is 4.79 Å². The van der Waals surface area contributed by atoms with Crippen LogP contribution in [0.15, 0.2) is 42.6 Å². The number of nitrogens with zero attached hydrogens (tertiary/aromatic N) is 2. The zero-order valence-electron chi connectivity index (χ0n) is 14.3. The van der Waals surface area contributed by atoms with Crippen LogP contribution in [0.4, 0.5) is 16.3 Å². The Morgan fingerprint density at radius 3 is 2.80 bits per heavy atom. The van der Waals surface area contributed by atoms with Crippen molar-refractivity contribution in [1.82, 2.24) is 10.3 Å². The first-order valence-corrected chi connectivity index (χ1v) is 9.08. The predicted octanol–water partition coefficient (Wildman–Crippen LogP) is 4.61. The first-order chi connectivity index (χ1) is 12.2. The summed E-state index contributed by atoms with van der Waals surface area (Å²) in [6.45, 7) is 3.99. The first-order valence-electron chi connectivity index (χ1n) is 8.70. The molecule has 2 N–H and O–H groups in total. The summed E-state index contributed by atoms with van der Waals surface area (Å²) in [7, 11) is 0. The fourth-order valence-electron chi connectivity index (χ4n) is 3.14. The minimum Gasteiger partial charge on any atom is -0.355 e. The van der Waals surface area contributed by atoms with Crippen LogP contribution in [-0.4, -0.2) is 24.1 Å². The van der Waals surface area contributed by atoms with E-state index >= 15 is 0 Å². The number of hydrogen-bond donors (Lipinski definition) is 2. The minimum absolute atomic E-state index is 0.0920. The lowest BCUT2D eigenvalue weighted by Crippen LogP contribution is -2.33. The Kier molecular flexibility index (Phi) is 5.76. The second-order valence-electron chi connectivity index (χ2n) is 6.18. The molecule has 0 spiro atoms. The lowest BCUT2D eigenvalue weighted by atomic mass is 10.1. The van der Waals surface area contributed by atoms with Crippen LogP contribution in [0.2, 0.25) is 5.02 Å². The number of pyridine rings is 1. The van der Waals surface area contributed by atoms with Gasteiger partial charge in [-0.15, -0.1) is 0 Å². The molecule has 2 aromatic rings. The smallest absolute Gasteiger partial charge is 0.319 e. The zero-order valence-corrected chi connectivity index (χ0v) is 15.1. The monoisotopic (exact) mass is 358 g/mol. The zero-order chi connectivity index (χ0) is 17.6. The Balaban J connectivity index is 1.70. The molecule has 1 saturated heterocycles. The minimum atomic E-state index is -0.236. The van der Waals surface area contributed by atoms with Crippen LogP contribution in [0.25, 0.3) is 0 Å². The number of carbonyl (C=O) groups is 1. The number of nitrogens with one attached hydrogen (secondary N) is 2. The van der Waals surface area contributed by atoms with E-state index in [-0.39, 0.29) is 12.1 Å². The van der Waals surface area contributed by atoms with Crippen molar-refractivity contribution in [2.45, 2.75) is 32.2 Å². The Morgan fingerprint density at radius 2 is 2.08 bits per heavy atom. The molecule has 25 heavy (non-hydrogen) atoms. The van der Waals surface area contributed by atoms with E-state index in [0.29, 0.717) is 5.02 Å². The fraction of sp³-hybridized carbons (Fsp3) is 0.368. The Morgan fingerprint density at radius 1 is 1.28 bits per heavy atom.